The second kappa shape index (κ2) is 62.2. The number of nitrogens with one attached hydrogen (secondary N) is 7. The van der Waals surface area contributed by atoms with Gasteiger partial charge < -0.3 is 77.8 Å². The van der Waals surface area contributed by atoms with Crippen LogP contribution in [0.15, 0.2) is 200 Å². The van der Waals surface area contributed by atoms with Crippen LogP contribution in [0.1, 0.15) is 149 Å². The van der Waals surface area contributed by atoms with Gasteiger partial charge in [0.2, 0.25) is 17.7 Å². The summed E-state index contributed by atoms with van der Waals surface area (Å²) in [6.45, 7) is 30.6. The van der Waals surface area contributed by atoms with E-state index in [1.54, 1.807) is 32.9 Å². The highest BCUT2D eigenvalue weighted by molar-refractivity contribution is 6.15. The zero-order valence-corrected chi connectivity index (χ0v) is 71.8. The smallest absolute Gasteiger partial charge is 0.407 e. The number of urea groups is 1. The highest BCUT2D eigenvalue weighted by atomic mass is 35.5. The highest BCUT2D eigenvalue weighted by Crippen LogP contribution is 2.18. The molecule has 2 fully saturated rings. The number of benzene rings is 7. The number of hydrogen-bond donors (Lipinski definition) is 10. The number of rotatable bonds is 32. The zero-order valence-electron chi connectivity index (χ0n) is 70.2. The first-order chi connectivity index (χ1) is 55.7. The van der Waals surface area contributed by atoms with Crippen LogP contribution in [0.3, 0.4) is 0 Å². The molecule has 9 rings (SSSR count). The van der Waals surface area contributed by atoms with Crippen molar-refractivity contribution in [1.29, 1.82) is 0 Å². The number of alkyl carbamates (subject to hydrolysis) is 2. The predicted molar refractivity (Wildman–Crippen MR) is 476 cm³/mol. The summed E-state index contributed by atoms with van der Waals surface area (Å²) in [5.74, 6) is -0.409. The van der Waals surface area contributed by atoms with Crippen LogP contribution in [0, 0.1) is 0 Å². The molecule has 0 spiro atoms. The largest absolute Gasteiger partial charge is 0.481 e. The van der Waals surface area contributed by atoms with Gasteiger partial charge in [0.05, 0.1) is 6.42 Å². The van der Waals surface area contributed by atoms with Crippen LogP contribution in [-0.2, 0) is 53.0 Å². The molecule has 2 heterocycles. The van der Waals surface area contributed by atoms with Crippen molar-refractivity contribution in [3.8, 4) is 5.75 Å². The summed E-state index contributed by atoms with van der Waals surface area (Å²) >= 11 is 4.64. The number of nitrogen functional groups attached to an aromatic ring is 1. The predicted octanol–water partition coefficient (Wildman–Crippen LogP) is 16.1. The number of carbonyl (C=O) groups excluding carboxylic acids is 7. The molecule has 0 radical (unpaired) electrons. The van der Waals surface area contributed by atoms with Gasteiger partial charge in [0.25, 0.3) is 0 Å². The summed E-state index contributed by atoms with van der Waals surface area (Å²) in [7, 11) is 0. The maximum atomic E-state index is 12.1. The number of amides is 7. The van der Waals surface area contributed by atoms with Gasteiger partial charge >= 0.3 is 30.2 Å². The number of piperazine rings is 2. The number of unbranched alkanes of at least 4 members (excludes halogenated alkanes) is 4. The minimum Gasteiger partial charge on any atom is -0.481 e. The number of hydrogen-bond acceptors (Lipinski definition) is 17. The number of alkyl halides is 1. The summed E-state index contributed by atoms with van der Waals surface area (Å²) in [4.78, 5) is 102. The van der Waals surface area contributed by atoms with Crippen molar-refractivity contribution < 1.29 is 57.7 Å². The molecule has 7 amide bonds. The molecular weight excluding hydrogens is 1530 g/mol. The van der Waals surface area contributed by atoms with E-state index in [0.29, 0.717) is 76.9 Å². The number of anilines is 5. The summed E-state index contributed by atoms with van der Waals surface area (Å²) < 4.78 is 15.5. The monoisotopic (exact) mass is 1660 g/mol. The van der Waals surface area contributed by atoms with Crippen molar-refractivity contribution in [3.05, 3.63) is 217 Å². The third-order valence-electron chi connectivity index (χ3n) is 17.1. The molecule has 0 saturated carbocycles. The Balaban J connectivity index is 0.000000495. The van der Waals surface area contributed by atoms with Crippen molar-refractivity contribution in [3.63, 3.8) is 0 Å². The number of nitrogens with zero attached hydrogens (tertiary/aromatic N) is 4. The Morgan fingerprint density at radius 1 is 0.402 bits per heavy atom. The Bertz CT molecular complexity index is 3800. The Hall–Kier alpha value is -10.1. The molecule has 7 aromatic rings. The molecule has 2 saturated heterocycles. The molecule has 7 aromatic carbocycles. The Labute approximate surface area is 706 Å². The lowest BCUT2D eigenvalue weighted by atomic mass is 10.1. The summed E-state index contributed by atoms with van der Waals surface area (Å²) in [6, 6.07) is 63.1. The van der Waals surface area contributed by atoms with Gasteiger partial charge in [-0.1, -0.05) is 141 Å². The molecule has 12 N–H and O–H groups in total. The number of halogens is 2. The maximum Gasteiger partial charge on any atom is 0.407 e. The van der Waals surface area contributed by atoms with Crippen molar-refractivity contribution in [2.45, 2.75) is 163 Å². The topological polar surface area (TPSA) is 334 Å². The molecule has 2 aliphatic heterocycles. The summed E-state index contributed by atoms with van der Waals surface area (Å²) in [5, 5.41) is 27.8. The number of para-hydroxylation sites is 5. The van der Waals surface area contributed by atoms with Crippen molar-refractivity contribution in [2.75, 3.05) is 125 Å². The van der Waals surface area contributed by atoms with E-state index in [9.17, 15) is 38.4 Å². The first-order valence-corrected chi connectivity index (χ1v) is 41.0. The second-order valence-electron chi connectivity index (χ2n) is 29.3. The van der Waals surface area contributed by atoms with E-state index in [4.69, 9.17) is 30.8 Å². The minimum atomic E-state index is -0.813. The van der Waals surface area contributed by atoms with E-state index in [1.165, 1.54) is 17.5 Å². The van der Waals surface area contributed by atoms with Crippen LogP contribution < -0.4 is 53.4 Å². The average molecular weight is 1660 g/mol. The van der Waals surface area contributed by atoms with Gasteiger partial charge in [-0.25, -0.2) is 14.4 Å². The van der Waals surface area contributed by atoms with E-state index in [-0.39, 0.29) is 48.5 Å². The maximum absolute atomic E-state index is 12.1. The molecular formula is C90H131Cl2N13O12. The van der Waals surface area contributed by atoms with Gasteiger partial charge in [0.1, 0.15) is 17.0 Å². The van der Waals surface area contributed by atoms with E-state index in [0.717, 1.165) is 145 Å². The number of carbonyl (C=O) groups is 8. The SMILES string of the molecule is CC(C)(C)OC(=O)NCCCCC(=O)Nc1ccccc1.CC(C)(C)OC(=O)NCCCCC(=O)O.CCN1CCN(Cc2ccc(CC(=O)Oc3ccccc3)cc2)CC1.CCN1CCN(Cc2ccc(NC(=O)NCCCCC(=O)Nc3ccccc3)cc2)CC1.CCl.Cl.NCCCCC(=O)Nc1ccccc1.Nc1ccccc1. The lowest BCUT2D eigenvalue weighted by Gasteiger charge is -2.34. The van der Waals surface area contributed by atoms with Crippen LogP contribution >= 0.6 is 24.0 Å². The molecule has 117 heavy (non-hydrogen) atoms. The van der Waals surface area contributed by atoms with Crippen LogP contribution in [0.5, 0.6) is 5.75 Å². The van der Waals surface area contributed by atoms with Gasteiger partial charge in [-0.15, -0.1) is 24.0 Å². The van der Waals surface area contributed by atoms with Crippen LogP contribution in [0.2, 0.25) is 0 Å². The molecule has 27 heteroatoms. The Morgan fingerprint density at radius 2 is 0.718 bits per heavy atom. The fourth-order valence-corrected chi connectivity index (χ4v) is 11.0. The molecule has 0 aliphatic carbocycles. The fourth-order valence-electron chi connectivity index (χ4n) is 11.0. The van der Waals surface area contributed by atoms with Crippen molar-refractivity contribution in [2.24, 2.45) is 5.73 Å². The first-order valence-electron chi connectivity index (χ1n) is 40.2. The summed E-state index contributed by atoms with van der Waals surface area (Å²) in [6.07, 6.45) is 8.34. The summed E-state index contributed by atoms with van der Waals surface area (Å²) in [5.41, 5.74) is 17.3. The molecule has 0 atom stereocenters. The van der Waals surface area contributed by atoms with Gasteiger partial charge in [-0.05, 0) is 202 Å². The second-order valence-corrected chi connectivity index (χ2v) is 29.3. The Kier molecular flexibility index (Phi) is 54.7. The molecule has 0 aromatic heterocycles. The van der Waals surface area contributed by atoms with E-state index >= 15 is 0 Å². The van der Waals surface area contributed by atoms with E-state index in [2.05, 4.69) is 107 Å². The number of nitrogens with two attached hydrogens (primary N) is 2. The lowest BCUT2D eigenvalue weighted by molar-refractivity contribution is -0.137. The van der Waals surface area contributed by atoms with Gasteiger partial charge in [-0.2, -0.15) is 0 Å². The molecule has 2 aliphatic rings. The van der Waals surface area contributed by atoms with E-state index in [1.807, 2.05) is 185 Å². The number of ether oxygens (including phenoxy) is 3. The molecule has 642 valence electrons. The number of esters is 1. The quantitative estimate of drug-likeness (QED) is 0.00616. The normalized spacial score (nSPS) is 12.5. The van der Waals surface area contributed by atoms with E-state index < -0.39 is 29.4 Å². The molecule has 0 bridgehead atoms. The van der Waals surface area contributed by atoms with Crippen LogP contribution in [0.25, 0.3) is 0 Å². The lowest BCUT2D eigenvalue weighted by Crippen LogP contribution is -2.45. The average Bonchev–Trinajstić information content (AvgIpc) is 0.871. The van der Waals surface area contributed by atoms with Gasteiger partial charge in [0, 0.05) is 146 Å². The fraction of sp³-hybridized carbons (Fsp3) is 0.444. The van der Waals surface area contributed by atoms with Crippen LogP contribution in [0.4, 0.5) is 42.8 Å². The third kappa shape index (κ3) is 54.4. The first kappa shape index (κ1) is 103. The standard InChI is InChI=1S/C25H35N5O2.C21H26N2O2.C16H24N2O3.C11H16N2O.C10H19NO4.C6H7N.CH3Cl.ClH/c1-2-29-16-18-30(19-17-29)20-21-11-13-23(14-12-21)28-25(32)26-15-7-6-10-24(31)27-22-8-4-3-5-9-22;1-2-22-12-14-23(15-13-22)17-19-10-8-18(9-11-19)16-21(24)25-20-6-4-3-5-7-20;1-16(2,3)21-15(20)17-12-8-7-11-14(19)18-13-9-5-4-6-10-13;12-9-5-4-8-11(14)13-10-6-2-1-3-7-10;1-10(2,3)15-9(14)11-7-5-4-6-8(12)13;7-6-4-2-1-3-5-6;1-2;/h3-5,8-9,11-14H,2,6-7,10,15-20H2,1H3,(H,27,31)(H2,26,28,32);3-11H,2,12-17H2,1H3;4-6,9-10H,7-8,11-12H2,1-3H3,(H,17,20)(H,18,19);1-3,6-7H,4-5,8-9,12H2,(H,13,14);4-7H2,1-3H3,(H,11,14)(H,12,13);1-5H,7H2;1H3;1H. The minimum absolute atomic E-state index is 0. The number of carboxylic acid groups (broad SMARTS) is 1. The molecule has 25 nitrogen and oxygen atoms in total. The Morgan fingerprint density at radius 3 is 1.06 bits per heavy atom. The van der Waals surface area contributed by atoms with Crippen molar-refractivity contribution in [1.82, 2.24) is 35.6 Å². The highest BCUT2D eigenvalue weighted by Gasteiger charge is 2.20. The van der Waals surface area contributed by atoms with Crippen LogP contribution in [-0.4, -0.2) is 182 Å². The van der Waals surface area contributed by atoms with Gasteiger partial charge in [-0.3, -0.25) is 33.8 Å². The number of likely N-dealkylation sites (N-methyl/N-ethyl adjacent to an activating group) is 2. The molecule has 0 unspecified atom stereocenters. The van der Waals surface area contributed by atoms with Crippen molar-refractivity contribution >= 4 is 100 Å². The number of carboxylic acids is 1. The van der Waals surface area contributed by atoms with Gasteiger partial charge in [0.15, 0.2) is 0 Å². The zero-order chi connectivity index (χ0) is 85.0. The third-order valence-corrected chi connectivity index (χ3v) is 17.1. The number of aliphatic carboxylic acids is 1.